The number of rotatable bonds is 4. The van der Waals surface area contributed by atoms with E-state index in [4.69, 9.17) is 8.83 Å². The van der Waals surface area contributed by atoms with E-state index in [0.29, 0.717) is 17.6 Å². The zero-order chi connectivity index (χ0) is 21.8. The monoisotopic (exact) mass is 431 g/mol. The Hall–Kier alpha value is -2.61. The molecule has 160 valence electrons. The molecule has 1 saturated heterocycles. The second kappa shape index (κ2) is 7.27. The first-order chi connectivity index (χ1) is 14.1. The molecule has 1 aromatic carbocycles. The second-order valence-corrected chi connectivity index (χ2v) is 10.4. The maximum Gasteiger partial charge on any atom is 0.339 e. The predicted molar refractivity (Wildman–Crippen MR) is 115 cm³/mol. The molecule has 0 bridgehead atoms. The molecule has 7 nitrogen and oxygen atoms in total. The second-order valence-electron chi connectivity index (χ2n) is 8.20. The summed E-state index contributed by atoms with van der Waals surface area (Å²) in [5.41, 5.74) is 3.85. The summed E-state index contributed by atoms with van der Waals surface area (Å²) in [4.78, 5) is 24.9. The fraction of sp³-hybridized carbons (Fsp3) is 0.455. The highest BCUT2D eigenvalue weighted by molar-refractivity contribution is 7.91. The highest BCUT2D eigenvalue weighted by atomic mass is 32.2. The average molecular weight is 432 g/mol. The van der Waals surface area contributed by atoms with E-state index in [1.54, 1.807) is 0 Å². The lowest BCUT2D eigenvalue weighted by Crippen LogP contribution is -2.35. The summed E-state index contributed by atoms with van der Waals surface area (Å²) in [6.45, 7) is 7.64. The number of hydrogen-bond acceptors (Lipinski definition) is 6. The predicted octanol–water partition coefficient (Wildman–Crippen LogP) is 3.01. The summed E-state index contributed by atoms with van der Waals surface area (Å²) >= 11 is 0. The number of carbonyl (C=O) groups is 1. The standard InChI is InChI=1S/C22H25NO6S/c1-11-14(4)28-20-13(3)21-18(9-17(11)20)12(2)16(22(25)29-21)5-6-19(24)23-15-7-8-30(26,27)10-15/h9,15H,5-8,10H2,1-4H3,(H,23,24). The Labute approximate surface area is 174 Å². The van der Waals surface area contributed by atoms with Gasteiger partial charge in [0.05, 0.1) is 11.5 Å². The van der Waals surface area contributed by atoms with Crippen LogP contribution in [-0.2, 0) is 21.1 Å². The van der Waals surface area contributed by atoms with E-state index in [1.165, 1.54) is 0 Å². The Morgan fingerprint density at radius 2 is 1.73 bits per heavy atom. The van der Waals surface area contributed by atoms with Gasteiger partial charge in [-0.25, -0.2) is 13.2 Å². The fourth-order valence-corrected chi connectivity index (χ4v) is 5.90. The van der Waals surface area contributed by atoms with Gasteiger partial charge in [-0.05, 0) is 57.7 Å². The van der Waals surface area contributed by atoms with Crippen molar-refractivity contribution in [1.82, 2.24) is 5.32 Å². The Bertz CT molecular complexity index is 1350. The van der Waals surface area contributed by atoms with Gasteiger partial charge in [0.25, 0.3) is 0 Å². The number of benzene rings is 1. The van der Waals surface area contributed by atoms with Crippen molar-refractivity contribution >= 4 is 37.7 Å². The molecule has 1 fully saturated rings. The molecular weight excluding hydrogens is 406 g/mol. The molecule has 0 radical (unpaired) electrons. The van der Waals surface area contributed by atoms with Crippen molar-refractivity contribution in [3.8, 4) is 0 Å². The summed E-state index contributed by atoms with van der Waals surface area (Å²) in [6.07, 6.45) is 0.762. The summed E-state index contributed by atoms with van der Waals surface area (Å²) < 4.78 is 34.6. The minimum absolute atomic E-state index is 0.0192. The maximum atomic E-state index is 12.6. The first-order valence-corrected chi connectivity index (χ1v) is 11.8. The van der Waals surface area contributed by atoms with Gasteiger partial charge in [-0.15, -0.1) is 0 Å². The lowest BCUT2D eigenvalue weighted by Gasteiger charge is -2.12. The first-order valence-electron chi connectivity index (χ1n) is 10.0. The molecule has 1 amide bonds. The van der Waals surface area contributed by atoms with Crippen molar-refractivity contribution < 1.29 is 22.0 Å². The zero-order valence-corrected chi connectivity index (χ0v) is 18.4. The Kier molecular flexibility index (Phi) is 5.00. The summed E-state index contributed by atoms with van der Waals surface area (Å²) in [5, 5.41) is 4.58. The van der Waals surface area contributed by atoms with Gasteiger partial charge in [0.1, 0.15) is 16.9 Å². The van der Waals surface area contributed by atoms with Gasteiger partial charge < -0.3 is 14.2 Å². The van der Waals surface area contributed by atoms with Crippen molar-refractivity contribution in [2.45, 2.75) is 53.0 Å². The number of hydrogen-bond donors (Lipinski definition) is 1. The van der Waals surface area contributed by atoms with Gasteiger partial charge in [0.15, 0.2) is 9.84 Å². The Morgan fingerprint density at radius 3 is 2.40 bits per heavy atom. The Balaban J connectivity index is 1.63. The van der Waals surface area contributed by atoms with E-state index in [9.17, 15) is 18.0 Å². The highest BCUT2D eigenvalue weighted by Gasteiger charge is 2.29. The van der Waals surface area contributed by atoms with Gasteiger partial charge in [-0.2, -0.15) is 0 Å². The minimum Gasteiger partial charge on any atom is -0.461 e. The van der Waals surface area contributed by atoms with Gasteiger partial charge in [-0.1, -0.05) is 0 Å². The number of fused-ring (bicyclic) bond motifs is 2. The molecule has 0 saturated carbocycles. The van der Waals surface area contributed by atoms with Crippen LogP contribution in [0.5, 0.6) is 0 Å². The molecule has 1 unspecified atom stereocenters. The largest absolute Gasteiger partial charge is 0.461 e. The minimum atomic E-state index is -3.06. The maximum absolute atomic E-state index is 12.6. The van der Waals surface area contributed by atoms with Crippen LogP contribution in [0.2, 0.25) is 0 Å². The molecule has 2 aromatic heterocycles. The molecule has 0 aliphatic carbocycles. The van der Waals surface area contributed by atoms with E-state index in [1.807, 2.05) is 33.8 Å². The third kappa shape index (κ3) is 3.53. The van der Waals surface area contributed by atoms with Gasteiger partial charge in [0.2, 0.25) is 5.91 Å². The van der Waals surface area contributed by atoms with Crippen molar-refractivity contribution in [3.05, 3.63) is 44.5 Å². The zero-order valence-electron chi connectivity index (χ0n) is 17.5. The number of carbonyl (C=O) groups excluding carboxylic acids is 1. The molecule has 1 aliphatic rings. The van der Waals surface area contributed by atoms with Crippen LogP contribution in [0.3, 0.4) is 0 Å². The van der Waals surface area contributed by atoms with Gasteiger partial charge in [0, 0.05) is 34.4 Å². The number of aryl methyl sites for hydroxylation is 4. The smallest absolute Gasteiger partial charge is 0.339 e. The molecule has 1 atom stereocenters. The molecule has 0 spiro atoms. The van der Waals surface area contributed by atoms with Crippen LogP contribution in [-0.4, -0.2) is 31.9 Å². The van der Waals surface area contributed by atoms with Crippen molar-refractivity contribution in [2.24, 2.45) is 0 Å². The van der Waals surface area contributed by atoms with E-state index in [-0.39, 0.29) is 36.3 Å². The van der Waals surface area contributed by atoms with Crippen LogP contribution in [0.4, 0.5) is 0 Å². The highest BCUT2D eigenvalue weighted by Crippen LogP contribution is 2.34. The Morgan fingerprint density at radius 1 is 1.07 bits per heavy atom. The number of nitrogens with one attached hydrogen (secondary N) is 1. The number of sulfone groups is 1. The molecule has 1 aliphatic heterocycles. The third-order valence-corrected chi connectivity index (χ3v) is 7.91. The summed E-state index contributed by atoms with van der Waals surface area (Å²) in [7, 11) is -3.06. The van der Waals surface area contributed by atoms with Crippen LogP contribution in [0.25, 0.3) is 21.9 Å². The van der Waals surface area contributed by atoms with Crippen LogP contribution in [0.15, 0.2) is 19.7 Å². The number of amides is 1. The van der Waals surface area contributed by atoms with Gasteiger partial charge in [-0.3, -0.25) is 4.79 Å². The van der Waals surface area contributed by atoms with Crippen LogP contribution in [0, 0.1) is 27.7 Å². The summed E-state index contributed by atoms with van der Waals surface area (Å²) in [5.74, 6) is 0.652. The normalized spacial score (nSPS) is 18.3. The molecule has 30 heavy (non-hydrogen) atoms. The van der Waals surface area contributed by atoms with Crippen molar-refractivity contribution in [2.75, 3.05) is 11.5 Å². The SMILES string of the molecule is Cc1oc2c(C)c3oc(=O)c(CCC(=O)NC4CCS(=O)(=O)C4)c(C)c3cc2c1C. The summed E-state index contributed by atoms with van der Waals surface area (Å²) in [6, 6.07) is 1.63. The topological polar surface area (TPSA) is 107 Å². The molecule has 3 heterocycles. The van der Waals surface area contributed by atoms with E-state index in [2.05, 4.69) is 5.32 Å². The molecule has 4 rings (SSSR count). The van der Waals surface area contributed by atoms with E-state index in [0.717, 1.165) is 38.8 Å². The first kappa shape index (κ1) is 20.7. The molecule has 8 heteroatoms. The van der Waals surface area contributed by atoms with Crippen LogP contribution < -0.4 is 10.9 Å². The lowest BCUT2D eigenvalue weighted by molar-refractivity contribution is -0.121. The molecule has 1 N–H and O–H groups in total. The van der Waals surface area contributed by atoms with Crippen molar-refractivity contribution in [3.63, 3.8) is 0 Å². The van der Waals surface area contributed by atoms with Gasteiger partial charge >= 0.3 is 5.63 Å². The third-order valence-electron chi connectivity index (χ3n) is 6.14. The van der Waals surface area contributed by atoms with Crippen LogP contribution in [0.1, 0.15) is 40.9 Å². The number of furan rings is 1. The van der Waals surface area contributed by atoms with Crippen LogP contribution >= 0.6 is 0 Å². The lowest BCUT2D eigenvalue weighted by atomic mass is 9.98. The van der Waals surface area contributed by atoms with E-state index >= 15 is 0 Å². The van der Waals surface area contributed by atoms with E-state index < -0.39 is 15.5 Å². The fourth-order valence-electron chi connectivity index (χ4n) is 4.23. The molecule has 3 aromatic rings. The molecular formula is C22H25NO6S. The average Bonchev–Trinajstić information content (AvgIpc) is 3.15. The quantitative estimate of drug-likeness (QED) is 0.637. The van der Waals surface area contributed by atoms with Crippen molar-refractivity contribution in [1.29, 1.82) is 0 Å².